The highest BCUT2D eigenvalue weighted by Crippen LogP contribution is 2.35. The monoisotopic (exact) mass is 434 g/mol. The Kier molecular flexibility index (Phi) is 6.22. The van der Waals surface area contributed by atoms with Gasteiger partial charge in [-0.05, 0) is 62.6 Å². The van der Waals surface area contributed by atoms with Crippen LogP contribution in [0.25, 0.3) is 0 Å². The quantitative estimate of drug-likeness (QED) is 0.565. The number of nitrogens with one attached hydrogen (secondary N) is 1. The van der Waals surface area contributed by atoms with E-state index in [1.165, 1.54) is 18.2 Å². The van der Waals surface area contributed by atoms with Gasteiger partial charge in [0.2, 0.25) is 5.95 Å². The molecule has 1 unspecified atom stereocenters. The van der Waals surface area contributed by atoms with Gasteiger partial charge in [0.15, 0.2) is 0 Å². The molecule has 4 rings (SSSR count). The Morgan fingerprint density at radius 3 is 2.43 bits per heavy atom. The van der Waals surface area contributed by atoms with Crippen molar-refractivity contribution in [1.29, 1.82) is 0 Å². The lowest BCUT2D eigenvalue weighted by atomic mass is 9.93. The summed E-state index contributed by atoms with van der Waals surface area (Å²) in [6.07, 6.45) is 0.704. The Morgan fingerprint density at radius 1 is 1.00 bits per heavy atom. The molecule has 1 aliphatic heterocycles. The van der Waals surface area contributed by atoms with Gasteiger partial charge in [0.05, 0.1) is 11.7 Å². The second-order valence-electron chi connectivity index (χ2n) is 7.29. The summed E-state index contributed by atoms with van der Waals surface area (Å²) in [7, 11) is 0. The van der Waals surface area contributed by atoms with Crippen molar-refractivity contribution in [3.8, 4) is 0 Å². The Morgan fingerprint density at radius 2 is 1.70 bits per heavy atom. The molecule has 1 aliphatic rings. The van der Waals surface area contributed by atoms with E-state index < -0.39 is 11.6 Å². The summed E-state index contributed by atoms with van der Waals surface area (Å²) in [5, 5.41) is 2.85. The fraction of sp³-hybridized carbons (Fsp3) is 0.273. The molecule has 0 saturated carbocycles. The molecule has 2 aromatic carbocycles. The molecule has 4 nitrogen and oxygen atoms in total. The zero-order valence-corrected chi connectivity index (χ0v) is 17.7. The summed E-state index contributed by atoms with van der Waals surface area (Å²) in [5.74, 6) is -0.607. The molecule has 0 fully saturated rings. The summed E-state index contributed by atoms with van der Waals surface area (Å²) in [4.78, 5) is 11.2. The zero-order chi connectivity index (χ0) is 20.7. The minimum Gasteiger partial charge on any atom is -0.349 e. The molecule has 1 atom stereocenters. The van der Waals surface area contributed by atoms with Crippen molar-refractivity contribution in [2.75, 3.05) is 16.8 Å². The highest BCUT2D eigenvalue weighted by atomic mass is 35.5. The minimum absolute atomic E-state index is 0. The maximum Gasteiger partial charge on any atom is 0.229 e. The van der Waals surface area contributed by atoms with E-state index in [4.69, 9.17) is 0 Å². The fourth-order valence-corrected chi connectivity index (χ4v) is 3.75. The summed E-state index contributed by atoms with van der Waals surface area (Å²) in [5.41, 5.74) is 3.86. The molecule has 1 aromatic heterocycles. The first kappa shape index (κ1) is 21.9. The third kappa shape index (κ3) is 4.07. The predicted molar refractivity (Wildman–Crippen MR) is 114 cm³/mol. The van der Waals surface area contributed by atoms with Gasteiger partial charge in [-0.15, -0.1) is 12.4 Å². The molecule has 3 aromatic rings. The molecule has 8 heteroatoms. The molecule has 1 N–H and O–H groups in total. The number of nitrogens with zero attached hydrogens (tertiary/aromatic N) is 3. The van der Waals surface area contributed by atoms with Gasteiger partial charge in [-0.1, -0.05) is 6.07 Å². The van der Waals surface area contributed by atoms with Crippen molar-refractivity contribution in [2.24, 2.45) is 0 Å². The number of anilines is 3. The third-order valence-electron chi connectivity index (χ3n) is 5.46. The predicted octanol–water partition coefficient (Wildman–Crippen LogP) is 5.80. The zero-order valence-electron chi connectivity index (χ0n) is 16.8. The summed E-state index contributed by atoms with van der Waals surface area (Å²) in [6, 6.07) is 8.19. The standard InChI is InChI=1S/C22H21F3N4.ClH/c1-12-13(2)26-22(27-20-7-5-17(24)11-19(20)25)28-21(12)29-9-8-15-10-16(23)4-6-18(15)14(29)3;/h4-7,10-11,14H,8-9H2,1-3H3,(H,26,27,28);1H. The van der Waals surface area contributed by atoms with Gasteiger partial charge in [0.1, 0.15) is 23.3 Å². The lowest BCUT2D eigenvalue weighted by molar-refractivity contribution is 0.585. The van der Waals surface area contributed by atoms with Crippen LogP contribution >= 0.6 is 12.4 Å². The van der Waals surface area contributed by atoms with Crippen LogP contribution in [0, 0.1) is 31.3 Å². The Hall–Kier alpha value is -2.80. The maximum absolute atomic E-state index is 14.0. The maximum atomic E-state index is 14.0. The van der Waals surface area contributed by atoms with Gasteiger partial charge in [-0.2, -0.15) is 4.98 Å². The summed E-state index contributed by atoms with van der Waals surface area (Å²) in [6.45, 7) is 6.54. The molecule has 0 bridgehead atoms. The molecule has 0 radical (unpaired) electrons. The van der Waals surface area contributed by atoms with E-state index in [0.29, 0.717) is 13.0 Å². The SMILES string of the molecule is Cc1nc(Nc2ccc(F)cc2F)nc(N2CCc3cc(F)ccc3C2C)c1C.Cl. The second-order valence-corrected chi connectivity index (χ2v) is 7.29. The molecule has 0 spiro atoms. The van der Waals surface area contributed by atoms with E-state index in [2.05, 4.69) is 27.1 Å². The normalized spacial score (nSPS) is 15.4. The van der Waals surface area contributed by atoms with E-state index >= 15 is 0 Å². The smallest absolute Gasteiger partial charge is 0.229 e. The van der Waals surface area contributed by atoms with Gasteiger partial charge in [0.25, 0.3) is 0 Å². The van der Waals surface area contributed by atoms with Crippen molar-refractivity contribution >= 4 is 29.9 Å². The van der Waals surface area contributed by atoms with Crippen LogP contribution in [0.4, 0.5) is 30.6 Å². The molecule has 0 amide bonds. The van der Waals surface area contributed by atoms with E-state index in [-0.39, 0.29) is 35.9 Å². The van der Waals surface area contributed by atoms with Crippen molar-refractivity contribution in [3.63, 3.8) is 0 Å². The lowest BCUT2D eigenvalue weighted by Gasteiger charge is -2.37. The average molecular weight is 435 g/mol. The molecule has 0 aliphatic carbocycles. The number of aryl methyl sites for hydroxylation is 1. The number of rotatable bonds is 3. The topological polar surface area (TPSA) is 41.1 Å². The van der Waals surface area contributed by atoms with Crippen LogP contribution in [0.1, 0.15) is 35.3 Å². The number of fused-ring (bicyclic) bond motifs is 1. The van der Waals surface area contributed by atoms with Crippen LogP contribution in [-0.4, -0.2) is 16.5 Å². The van der Waals surface area contributed by atoms with E-state index in [1.54, 1.807) is 6.07 Å². The molecule has 158 valence electrons. The van der Waals surface area contributed by atoms with Gasteiger partial charge in [-0.3, -0.25) is 0 Å². The number of hydrogen-bond acceptors (Lipinski definition) is 4. The minimum atomic E-state index is -0.712. The van der Waals surface area contributed by atoms with Crippen molar-refractivity contribution in [2.45, 2.75) is 33.2 Å². The Labute approximate surface area is 179 Å². The van der Waals surface area contributed by atoms with Gasteiger partial charge in [0, 0.05) is 23.9 Å². The van der Waals surface area contributed by atoms with E-state index in [0.717, 1.165) is 34.3 Å². The fourth-order valence-electron chi connectivity index (χ4n) is 3.75. The molecular formula is C22H22ClF3N4. The van der Waals surface area contributed by atoms with Crippen LogP contribution in [0.5, 0.6) is 0 Å². The van der Waals surface area contributed by atoms with Crippen LogP contribution in [-0.2, 0) is 6.42 Å². The number of benzene rings is 2. The van der Waals surface area contributed by atoms with E-state index in [9.17, 15) is 13.2 Å². The number of halogens is 4. The Balaban J connectivity index is 0.00000256. The van der Waals surface area contributed by atoms with Crippen molar-refractivity contribution in [1.82, 2.24) is 9.97 Å². The lowest BCUT2D eigenvalue weighted by Crippen LogP contribution is -2.35. The largest absolute Gasteiger partial charge is 0.349 e. The van der Waals surface area contributed by atoms with Crippen LogP contribution in [0.3, 0.4) is 0 Å². The third-order valence-corrected chi connectivity index (χ3v) is 5.46. The van der Waals surface area contributed by atoms with Gasteiger partial charge >= 0.3 is 0 Å². The van der Waals surface area contributed by atoms with Crippen molar-refractivity contribution < 1.29 is 13.2 Å². The molecule has 0 saturated heterocycles. The average Bonchev–Trinajstić information content (AvgIpc) is 2.67. The molecular weight excluding hydrogens is 413 g/mol. The van der Waals surface area contributed by atoms with Crippen molar-refractivity contribution in [3.05, 3.63) is 76.2 Å². The second kappa shape index (κ2) is 8.52. The van der Waals surface area contributed by atoms with Gasteiger partial charge < -0.3 is 10.2 Å². The first-order chi connectivity index (χ1) is 13.8. The van der Waals surface area contributed by atoms with Crippen LogP contribution < -0.4 is 10.2 Å². The van der Waals surface area contributed by atoms with E-state index in [1.807, 2.05) is 19.9 Å². The molecule has 2 heterocycles. The summed E-state index contributed by atoms with van der Waals surface area (Å²) >= 11 is 0. The first-order valence-corrected chi connectivity index (χ1v) is 9.46. The van der Waals surface area contributed by atoms with Crippen LogP contribution in [0.15, 0.2) is 36.4 Å². The number of aromatic nitrogens is 2. The molecule has 30 heavy (non-hydrogen) atoms. The highest BCUT2D eigenvalue weighted by molar-refractivity contribution is 5.85. The van der Waals surface area contributed by atoms with Crippen LogP contribution in [0.2, 0.25) is 0 Å². The van der Waals surface area contributed by atoms with Gasteiger partial charge in [-0.25, -0.2) is 18.2 Å². The summed E-state index contributed by atoms with van der Waals surface area (Å²) < 4.78 is 40.8. The number of hydrogen-bond donors (Lipinski definition) is 1. The highest BCUT2D eigenvalue weighted by Gasteiger charge is 2.27. The Bertz CT molecular complexity index is 1090. The first-order valence-electron chi connectivity index (χ1n) is 9.46.